The van der Waals surface area contributed by atoms with E-state index in [-0.39, 0.29) is 5.54 Å². The Morgan fingerprint density at radius 1 is 1.56 bits per heavy atom. The van der Waals surface area contributed by atoms with Gasteiger partial charge in [0.25, 0.3) is 0 Å². The highest BCUT2D eigenvalue weighted by Crippen LogP contribution is 2.43. The van der Waals surface area contributed by atoms with Crippen LogP contribution in [0, 0.1) is 0 Å². The molecule has 2 aliphatic rings. The van der Waals surface area contributed by atoms with Crippen LogP contribution in [0.5, 0.6) is 5.75 Å². The Balaban J connectivity index is 2.10. The van der Waals surface area contributed by atoms with Gasteiger partial charge in [-0.3, -0.25) is 0 Å². The summed E-state index contributed by atoms with van der Waals surface area (Å²) in [4.78, 5) is 6.95. The number of rotatable bonds is 1. The van der Waals surface area contributed by atoms with E-state index in [1.807, 2.05) is 6.20 Å². The van der Waals surface area contributed by atoms with Crippen molar-refractivity contribution in [1.29, 1.82) is 0 Å². The number of pyridine rings is 1. The summed E-state index contributed by atoms with van der Waals surface area (Å²) in [6.07, 6.45) is 5.38. The summed E-state index contributed by atoms with van der Waals surface area (Å²) in [5, 5.41) is 0. The maximum Gasteiger partial charge on any atom is 0.172 e. The highest BCUT2D eigenvalue weighted by Gasteiger charge is 2.43. The van der Waals surface area contributed by atoms with Crippen molar-refractivity contribution in [2.45, 2.75) is 38.6 Å². The molecule has 2 aliphatic heterocycles. The zero-order valence-corrected chi connectivity index (χ0v) is 9.99. The van der Waals surface area contributed by atoms with Crippen LogP contribution in [-0.4, -0.2) is 23.7 Å². The molecule has 0 amide bonds. The van der Waals surface area contributed by atoms with Crippen molar-refractivity contribution in [2.24, 2.45) is 0 Å². The molecule has 1 saturated heterocycles. The number of fused-ring (bicyclic) bond motifs is 3. The van der Waals surface area contributed by atoms with Crippen LogP contribution in [0.2, 0.25) is 0 Å². The Bertz CT molecular complexity index is 418. The fourth-order valence-corrected chi connectivity index (χ4v) is 2.87. The van der Waals surface area contributed by atoms with E-state index >= 15 is 0 Å². The molecule has 3 heteroatoms. The molecule has 0 aromatic carbocycles. The molecule has 0 spiro atoms. The molecule has 3 heterocycles. The molecular formula is C13H18N2O. The fraction of sp³-hybridized carbons (Fsp3) is 0.615. The van der Waals surface area contributed by atoms with Gasteiger partial charge in [-0.25, -0.2) is 4.98 Å². The highest BCUT2D eigenvalue weighted by molar-refractivity contribution is 5.60. The molecule has 3 rings (SSSR count). The molecule has 1 aromatic rings. The lowest BCUT2D eigenvalue weighted by molar-refractivity contribution is 0.209. The fourth-order valence-electron chi connectivity index (χ4n) is 2.87. The highest BCUT2D eigenvalue weighted by atomic mass is 16.5. The average Bonchev–Trinajstić information content (AvgIpc) is 2.70. The van der Waals surface area contributed by atoms with Gasteiger partial charge < -0.3 is 9.64 Å². The first-order chi connectivity index (χ1) is 7.74. The summed E-state index contributed by atoms with van der Waals surface area (Å²) < 4.78 is 5.96. The Kier molecular flexibility index (Phi) is 2.09. The monoisotopic (exact) mass is 218 g/mol. The first kappa shape index (κ1) is 9.94. The molecule has 0 bridgehead atoms. The lowest BCUT2D eigenvalue weighted by Gasteiger charge is -2.41. The number of ether oxygens (including phenoxy) is 1. The van der Waals surface area contributed by atoms with Gasteiger partial charge in [0, 0.05) is 12.7 Å². The third-order valence-electron chi connectivity index (χ3n) is 3.88. The molecule has 0 N–H and O–H groups in total. The smallest absolute Gasteiger partial charge is 0.172 e. The van der Waals surface area contributed by atoms with Crippen molar-refractivity contribution in [3.05, 3.63) is 17.8 Å². The summed E-state index contributed by atoms with van der Waals surface area (Å²) in [7, 11) is 0. The maximum absolute atomic E-state index is 5.96. The van der Waals surface area contributed by atoms with E-state index in [1.165, 1.54) is 18.4 Å². The average molecular weight is 218 g/mol. The molecule has 0 aliphatic carbocycles. The molecule has 1 atom stereocenters. The van der Waals surface area contributed by atoms with Crippen molar-refractivity contribution in [2.75, 3.05) is 18.1 Å². The molecule has 3 nitrogen and oxygen atoms in total. The van der Waals surface area contributed by atoms with Crippen LogP contribution in [0.15, 0.2) is 12.3 Å². The SMILES string of the molecule is CCc1ccnc2c1OC[C@]1(C)CCCN21. The number of hydrogen-bond donors (Lipinski definition) is 0. The minimum atomic E-state index is 0.173. The van der Waals surface area contributed by atoms with Crippen LogP contribution in [0.1, 0.15) is 32.3 Å². The van der Waals surface area contributed by atoms with Crippen molar-refractivity contribution in [1.82, 2.24) is 4.98 Å². The van der Waals surface area contributed by atoms with Crippen molar-refractivity contribution < 1.29 is 4.74 Å². The number of anilines is 1. The zero-order valence-electron chi connectivity index (χ0n) is 9.99. The van der Waals surface area contributed by atoms with Gasteiger partial charge in [0.05, 0.1) is 5.54 Å². The van der Waals surface area contributed by atoms with E-state index in [4.69, 9.17) is 4.74 Å². The number of aryl methyl sites for hydroxylation is 1. The first-order valence-corrected chi connectivity index (χ1v) is 6.13. The number of aromatic nitrogens is 1. The Hall–Kier alpha value is -1.25. The maximum atomic E-state index is 5.96. The third-order valence-corrected chi connectivity index (χ3v) is 3.88. The van der Waals surface area contributed by atoms with Gasteiger partial charge in [-0.05, 0) is 37.8 Å². The van der Waals surface area contributed by atoms with E-state index < -0.39 is 0 Å². The molecule has 86 valence electrons. The van der Waals surface area contributed by atoms with Gasteiger partial charge in [-0.1, -0.05) is 6.92 Å². The minimum Gasteiger partial charge on any atom is -0.487 e. The van der Waals surface area contributed by atoms with E-state index in [0.717, 1.165) is 31.1 Å². The van der Waals surface area contributed by atoms with Gasteiger partial charge in [0.1, 0.15) is 6.61 Å². The third kappa shape index (κ3) is 1.24. The molecular weight excluding hydrogens is 200 g/mol. The van der Waals surface area contributed by atoms with Crippen LogP contribution in [0.3, 0.4) is 0 Å². The van der Waals surface area contributed by atoms with E-state index in [9.17, 15) is 0 Å². The lowest BCUT2D eigenvalue weighted by Crippen LogP contribution is -2.49. The number of nitrogens with zero attached hydrogens (tertiary/aromatic N) is 2. The second kappa shape index (κ2) is 3.37. The summed E-state index contributed by atoms with van der Waals surface area (Å²) in [6.45, 7) is 6.37. The first-order valence-electron chi connectivity index (χ1n) is 6.13. The normalized spacial score (nSPS) is 27.2. The Labute approximate surface area is 96.4 Å². The van der Waals surface area contributed by atoms with Gasteiger partial charge in [0.15, 0.2) is 11.6 Å². The van der Waals surface area contributed by atoms with E-state index in [1.54, 1.807) is 0 Å². The van der Waals surface area contributed by atoms with Crippen LogP contribution in [0.25, 0.3) is 0 Å². The molecule has 0 radical (unpaired) electrons. The standard InChI is InChI=1S/C13H18N2O/c1-3-10-5-7-14-12-11(10)16-9-13(2)6-4-8-15(12)13/h5,7H,3-4,6,8-9H2,1-2H3/t13-/m0/s1. The van der Waals surface area contributed by atoms with Crippen molar-refractivity contribution in [3.63, 3.8) is 0 Å². The molecule has 1 fully saturated rings. The second-order valence-electron chi connectivity index (χ2n) is 5.02. The zero-order chi connectivity index (χ0) is 11.2. The molecule has 16 heavy (non-hydrogen) atoms. The summed E-state index contributed by atoms with van der Waals surface area (Å²) in [5.41, 5.74) is 1.45. The van der Waals surface area contributed by atoms with Crippen molar-refractivity contribution in [3.8, 4) is 5.75 Å². The van der Waals surface area contributed by atoms with Crippen LogP contribution < -0.4 is 9.64 Å². The summed E-state index contributed by atoms with van der Waals surface area (Å²) in [5.74, 6) is 2.08. The quantitative estimate of drug-likeness (QED) is 0.723. The predicted octanol–water partition coefficient (Wildman–Crippen LogP) is 2.40. The molecule has 0 saturated carbocycles. The molecule has 1 aromatic heterocycles. The molecule has 0 unspecified atom stereocenters. The van der Waals surface area contributed by atoms with Crippen molar-refractivity contribution >= 4 is 5.82 Å². The predicted molar refractivity (Wildman–Crippen MR) is 64.1 cm³/mol. The summed E-state index contributed by atoms with van der Waals surface area (Å²) in [6, 6.07) is 2.07. The second-order valence-corrected chi connectivity index (χ2v) is 5.02. The van der Waals surface area contributed by atoms with Gasteiger partial charge in [-0.2, -0.15) is 0 Å². The van der Waals surface area contributed by atoms with E-state index in [0.29, 0.717) is 0 Å². The van der Waals surface area contributed by atoms with Crippen LogP contribution in [0.4, 0.5) is 5.82 Å². The van der Waals surface area contributed by atoms with Crippen LogP contribution >= 0.6 is 0 Å². The summed E-state index contributed by atoms with van der Waals surface area (Å²) >= 11 is 0. The van der Waals surface area contributed by atoms with Gasteiger partial charge >= 0.3 is 0 Å². The van der Waals surface area contributed by atoms with Gasteiger partial charge in [0.2, 0.25) is 0 Å². The van der Waals surface area contributed by atoms with E-state index in [2.05, 4.69) is 29.8 Å². The lowest BCUT2D eigenvalue weighted by atomic mass is 9.98. The topological polar surface area (TPSA) is 25.4 Å². The van der Waals surface area contributed by atoms with Crippen LogP contribution in [-0.2, 0) is 6.42 Å². The Morgan fingerprint density at radius 3 is 3.25 bits per heavy atom. The van der Waals surface area contributed by atoms with Gasteiger partial charge in [-0.15, -0.1) is 0 Å². The number of hydrogen-bond acceptors (Lipinski definition) is 3. The minimum absolute atomic E-state index is 0.173. The largest absolute Gasteiger partial charge is 0.487 e. The Morgan fingerprint density at radius 2 is 2.44 bits per heavy atom.